The number of benzene rings is 1. The Morgan fingerprint density at radius 3 is 0.700 bits per heavy atom. The fraction of sp³-hybridized carbons (Fsp3) is 0.429. The number of thioether (sulfide) groups is 4. The lowest BCUT2D eigenvalue weighted by Gasteiger charge is -2.25. The van der Waals surface area contributed by atoms with Crippen molar-refractivity contribution >= 4 is 59.0 Å². The van der Waals surface area contributed by atoms with Crippen molar-refractivity contribution in [3.8, 4) is 11.5 Å². The third kappa shape index (κ3) is 11.7. The van der Waals surface area contributed by atoms with Gasteiger partial charge < -0.3 is 9.47 Å². The number of carbonyl (C=O) groups is 2. The maximum absolute atomic E-state index is 13.1. The molecule has 0 atom stereocenters. The summed E-state index contributed by atoms with van der Waals surface area (Å²) in [5.74, 6) is -13.3. The highest BCUT2D eigenvalue weighted by Crippen LogP contribution is 2.62. The van der Waals surface area contributed by atoms with Gasteiger partial charge in [-0.1, -0.05) is 0 Å². The van der Waals surface area contributed by atoms with Crippen LogP contribution in [0.25, 0.3) is 0 Å². The first-order valence-corrected chi connectivity index (χ1v) is 11.5. The molecule has 0 saturated heterocycles. The van der Waals surface area contributed by atoms with Gasteiger partial charge in [-0.3, -0.25) is 0 Å². The van der Waals surface area contributed by atoms with Crippen LogP contribution in [-0.4, -0.2) is 46.3 Å². The van der Waals surface area contributed by atoms with Crippen molar-refractivity contribution in [2.45, 2.75) is 54.0 Å². The molecule has 0 aromatic heterocycles. The molecule has 1 rings (SSSR count). The summed E-state index contributed by atoms with van der Waals surface area (Å²) < 4.78 is 241. The van der Waals surface area contributed by atoms with E-state index in [-0.39, 0.29) is 0 Å². The first-order chi connectivity index (χ1) is 17.4. The van der Waals surface area contributed by atoms with E-state index in [4.69, 9.17) is 0 Å². The largest absolute Gasteiger partial charge is 0.491 e. The Balaban J connectivity index is 4.54. The summed E-state index contributed by atoms with van der Waals surface area (Å²) in [6, 6.07) is 0. The second-order valence-corrected chi connectivity index (χ2v) is 10.2. The fourth-order valence-electron chi connectivity index (χ4n) is 1.94. The molecule has 0 aliphatic carbocycles. The topological polar surface area (TPSA) is 52.6 Å². The summed E-state index contributed by atoms with van der Waals surface area (Å²) >= 11 is -8.58. The first kappa shape index (κ1) is 36.3. The van der Waals surface area contributed by atoms with Gasteiger partial charge in [0.05, 0.1) is 19.6 Å². The normalized spacial score (nSPS) is 13.8. The molecule has 1 aromatic rings. The van der Waals surface area contributed by atoms with Crippen LogP contribution in [-0.2, 0) is 9.59 Å². The molecule has 0 aliphatic rings. The predicted molar refractivity (Wildman–Crippen MR) is 97.5 cm³/mol. The van der Waals surface area contributed by atoms with Crippen molar-refractivity contribution in [1.82, 2.24) is 0 Å². The minimum Gasteiger partial charge on any atom is -0.417 e. The summed E-state index contributed by atoms with van der Waals surface area (Å²) in [4.78, 5) is 11.5. The average molecular weight is 702 g/mol. The van der Waals surface area contributed by atoms with Crippen molar-refractivity contribution in [1.29, 1.82) is 0 Å². The van der Waals surface area contributed by atoms with Crippen LogP contribution in [0.15, 0.2) is 19.6 Å². The van der Waals surface area contributed by atoms with E-state index in [0.717, 1.165) is 0 Å². The summed E-state index contributed by atoms with van der Waals surface area (Å²) in [6.07, 6.45) is -12.7. The second kappa shape index (κ2) is 11.9. The number of hydrogen-bond donors (Lipinski definition) is 0. The van der Waals surface area contributed by atoms with Crippen LogP contribution in [0.5, 0.6) is 11.5 Å². The first-order valence-electron chi connectivity index (χ1n) is 8.26. The molecule has 0 aliphatic heterocycles. The fourth-order valence-corrected chi connectivity index (χ4v) is 5.18. The Kier molecular flexibility index (Phi) is 10.8. The molecule has 230 valence electrons. The van der Waals surface area contributed by atoms with Gasteiger partial charge in [0.15, 0.2) is 11.5 Å². The highest BCUT2D eigenvalue weighted by Gasteiger charge is 2.50. The van der Waals surface area contributed by atoms with Gasteiger partial charge in [0.25, 0.3) is 0 Å². The minimum absolute atomic E-state index is 2.15. The lowest BCUT2D eigenvalue weighted by atomic mass is 10.3. The molecule has 0 spiro atoms. The van der Waals surface area contributed by atoms with Crippen LogP contribution in [0.3, 0.4) is 0 Å². The zero-order valence-corrected chi connectivity index (χ0v) is 20.3. The maximum Gasteiger partial charge on any atom is 0.491 e. The molecule has 0 saturated carbocycles. The highest BCUT2D eigenvalue weighted by molar-refractivity contribution is 8.04. The molecule has 0 N–H and O–H groups in total. The van der Waals surface area contributed by atoms with Crippen LogP contribution < -0.4 is 9.47 Å². The summed E-state index contributed by atoms with van der Waals surface area (Å²) in [6.45, 7) is 0. The van der Waals surface area contributed by atoms with Gasteiger partial charge in [-0.25, -0.2) is 9.59 Å². The summed E-state index contributed by atoms with van der Waals surface area (Å²) in [5, 5.41) is 0. The van der Waals surface area contributed by atoms with Gasteiger partial charge in [-0.05, 0) is 47.0 Å². The molecule has 0 amide bonds. The summed E-state index contributed by atoms with van der Waals surface area (Å²) in [5.41, 5.74) is -24.3. The van der Waals surface area contributed by atoms with Crippen molar-refractivity contribution in [2.75, 3.05) is 0 Å². The minimum atomic E-state index is -6.35. The Bertz CT molecular complexity index is 969. The Morgan fingerprint density at radius 1 is 0.400 bits per heavy atom. The third-order valence-corrected chi connectivity index (χ3v) is 6.52. The van der Waals surface area contributed by atoms with Gasteiger partial charge in [0, 0.05) is 0 Å². The molecule has 0 unspecified atom stereocenters. The number of carbonyl (C=O) groups excluding carboxylic acids is 2. The molecular weight excluding hydrogens is 702 g/mol. The summed E-state index contributed by atoms with van der Waals surface area (Å²) in [7, 11) is 0. The molecule has 0 fully saturated rings. The number of ether oxygens (including phenoxy) is 2. The van der Waals surface area contributed by atoms with E-state index in [1.54, 1.807) is 0 Å². The lowest BCUT2D eigenvalue weighted by Crippen LogP contribution is -2.30. The van der Waals surface area contributed by atoms with Crippen LogP contribution in [0.2, 0.25) is 0 Å². The molecule has 26 heteroatoms. The zero-order chi connectivity index (χ0) is 31.9. The second-order valence-electron chi connectivity index (χ2n) is 5.94. The van der Waals surface area contributed by atoms with Gasteiger partial charge in [0.1, 0.15) is 0 Å². The van der Waals surface area contributed by atoms with Crippen LogP contribution in [0.1, 0.15) is 0 Å². The van der Waals surface area contributed by atoms with Gasteiger partial charge in [0.2, 0.25) is 0 Å². The molecule has 0 heterocycles. The van der Waals surface area contributed by atoms with E-state index in [9.17, 15) is 88.6 Å². The van der Waals surface area contributed by atoms with Gasteiger partial charge >= 0.3 is 46.3 Å². The number of halogens is 18. The van der Waals surface area contributed by atoms with Gasteiger partial charge in [-0.15, -0.1) is 0 Å². The van der Waals surface area contributed by atoms with E-state index in [2.05, 4.69) is 9.47 Å². The predicted octanol–water partition coefficient (Wildman–Crippen LogP) is 9.07. The monoisotopic (exact) mass is 702 g/mol. The lowest BCUT2D eigenvalue weighted by molar-refractivity contribution is -0.190. The van der Waals surface area contributed by atoms with E-state index < -0.39 is 124 Å². The molecule has 0 radical (unpaired) electrons. The molecule has 40 heavy (non-hydrogen) atoms. The number of hydrogen-bond acceptors (Lipinski definition) is 8. The number of esters is 2. The third-order valence-electron chi connectivity index (χ3n) is 2.96. The molecule has 1 aromatic carbocycles. The van der Waals surface area contributed by atoms with E-state index in [1.165, 1.54) is 0 Å². The molecule has 0 bridgehead atoms. The Hall–Kier alpha value is -1.70. The van der Waals surface area contributed by atoms with Crippen LogP contribution in [0.4, 0.5) is 79.0 Å². The van der Waals surface area contributed by atoms with E-state index in [1.807, 2.05) is 0 Å². The molecule has 4 nitrogen and oxygen atoms in total. The SMILES string of the molecule is O=C(Oc1c(SC(F)(F)F)c(SC(F)(F)F)c(OC(=O)C(F)(F)F)c(SC(F)(F)F)c1SC(F)(F)F)C(F)(F)F. The van der Waals surface area contributed by atoms with Crippen LogP contribution in [0, 0.1) is 0 Å². The smallest absolute Gasteiger partial charge is 0.417 e. The average Bonchev–Trinajstić information content (AvgIpc) is 2.64. The van der Waals surface area contributed by atoms with E-state index >= 15 is 0 Å². The molecular formula is C14F18O4S4. The maximum atomic E-state index is 13.1. The van der Waals surface area contributed by atoms with E-state index in [0.29, 0.717) is 0 Å². The highest BCUT2D eigenvalue weighted by atomic mass is 32.2. The number of rotatable bonds is 6. The Labute approximate surface area is 222 Å². The van der Waals surface area contributed by atoms with Crippen LogP contribution >= 0.6 is 47.0 Å². The van der Waals surface area contributed by atoms with Gasteiger partial charge in [-0.2, -0.15) is 79.0 Å². The zero-order valence-electron chi connectivity index (χ0n) is 17.1. The van der Waals surface area contributed by atoms with Crippen molar-refractivity contribution in [3.63, 3.8) is 0 Å². The number of alkyl halides is 18. The standard InChI is InChI=1S/C14F18O4S4/c15-9(16,17)7(33)35-1-3(37-11(21,22)23)5(39-13(27,28)29)2(36-8(34)10(18,19)20)6(40-14(30,31)32)4(1)38-12(24,25)26. The quantitative estimate of drug-likeness (QED) is 0.126. The Morgan fingerprint density at radius 2 is 0.575 bits per heavy atom. The van der Waals surface area contributed by atoms with Crippen molar-refractivity contribution < 1.29 is 98.1 Å². The van der Waals surface area contributed by atoms with Crippen molar-refractivity contribution in [3.05, 3.63) is 0 Å². The van der Waals surface area contributed by atoms with Crippen molar-refractivity contribution in [2.24, 2.45) is 0 Å².